The average molecular weight is 319 g/mol. The molecule has 2 saturated heterocycles. The lowest BCUT2D eigenvalue weighted by molar-refractivity contribution is -0.0432. The zero-order chi connectivity index (χ0) is 15.2. The third-order valence-electron chi connectivity index (χ3n) is 6.01. The highest BCUT2D eigenvalue weighted by atomic mass is 35.5. The van der Waals surface area contributed by atoms with Crippen molar-refractivity contribution in [2.75, 3.05) is 26.2 Å². The Morgan fingerprint density at radius 3 is 2.50 bits per heavy atom. The predicted octanol–water partition coefficient (Wildman–Crippen LogP) is 3.08. The maximum atomic E-state index is 10.9. The van der Waals surface area contributed by atoms with Crippen LogP contribution in [0.2, 0.25) is 5.02 Å². The van der Waals surface area contributed by atoms with Crippen molar-refractivity contribution < 1.29 is 4.79 Å². The third-order valence-corrected chi connectivity index (χ3v) is 6.33. The Bertz CT molecular complexity index is 568. The number of halogens is 1. The molecule has 1 saturated carbocycles. The fourth-order valence-corrected chi connectivity index (χ4v) is 4.69. The van der Waals surface area contributed by atoms with Crippen molar-refractivity contribution in [2.24, 2.45) is 5.41 Å². The first-order chi connectivity index (χ1) is 10.7. The van der Waals surface area contributed by atoms with Crippen LogP contribution in [-0.4, -0.2) is 43.4 Å². The molecule has 2 aliphatic heterocycles. The van der Waals surface area contributed by atoms with Gasteiger partial charge in [0.1, 0.15) is 0 Å². The molecule has 0 amide bonds. The Balaban J connectivity index is 1.34. The highest BCUT2D eigenvalue weighted by Crippen LogP contribution is 2.47. The Morgan fingerprint density at radius 1 is 1.23 bits per heavy atom. The molecule has 22 heavy (non-hydrogen) atoms. The van der Waals surface area contributed by atoms with Gasteiger partial charge in [-0.25, -0.2) is 0 Å². The van der Waals surface area contributed by atoms with Gasteiger partial charge in [-0.05, 0) is 67.8 Å². The van der Waals surface area contributed by atoms with Crippen molar-refractivity contribution in [3.63, 3.8) is 0 Å². The van der Waals surface area contributed by atoms with Crippen LogP contribution >= 0.6 is 11.6 Å². The molecule has 2 heterocycles. The number of nitrogens with one attached hydrogen (secondary N) is 1. The maximum absolute atomic E-state index is 10.9. The lowest BCUT2D eigenvalue weighted by Crippen LogP contribution is -2.65. The molecule has 3 nitrogen and oxygen atoms in total. The Hall–Kier alpha value is -0.900. The summed E-state index contributed by atoms with van der Waals surface area (Å²) in [5.74, 6) is 0.592. The van der Waals surface area contributed by atoms with Gasteiger partial charge in [-0.1, -0.05) is 17.7 Å². The highest BCUT2D eigenvalue weighted by molar-refractivity contribution is 6.33. The fourth-order valence-electron chi connectivity index (χ4n) is 4.46. The van der Waals surface area contributed by atoms with Crippen molar-refractivity contribution in [3.8, 4) is 0 Å². The molecule has 1 aromatic rings. The predicted molar refractivity (Wildman–Crippen MR) is 88.7 cm³/mol. The van der Waals surface area contributed by atoms with Gasteiger partial charge in [-0.15, -0.1) is 0 Å². The van der Waals surface area contributed by atoms with E-state index in [-0.39, 0.29) is 0 Å². The van der Waals surface area contributed by atoms with Gasteiger partial charge in [0.2, 0.25) is 0 Å². The molecule has 0 unspecified atom stereocenters. The van der Waals surface area contributed by atoms with E-state index < -0.39 is 0 Å². The van der Waals surface area contributed by atoms with E-state index in [2.05, 4.69) is 16.3 Å². The third kappa shape index (κ3) is 2.49. The first kappa shape index (κ1) is 14.7. The van der Waals surface area contributed by atoms with Gasteiger partial charge in [0.05, 0.1) is 5.02 Å². The summed E-state index contributed by atoms with van der Waals surface area (Å²) in [4.78, 5) is 13.6. The summed E-state index contributed by atoms with van der Waals surface area (Å²) in [5.41, 5.74) is 2.56. The molecule has 1 spiro atoms. The number of piperidine rings is 1. The van der Waals surface area contributed by atoms with Crippen LogP contribution in [0.25, 0.3) is 0 Å². The minimum absolute atomic E-state index is 0.591. The number of carbonyl (C=O) groups is 1. The number of hydrogen-bond donors (Lipinski definition) is 1. The lowest BCUT2D eigenvalue weighted by atomic mass is 9.61. The molecular formula is C18H23ClN2O. The van der Waals surface area contributed by atoms with E-state index in [1.807, 2.05) is 12.1 Å². The normalized spacial score (nSPS) is 25.7. The number of carbonyl (C=O) groups excluding carboxylic acids is 1. The molecule has 1 N–H and O–H groups in total. The van der Waals surface area contributed by atoms with E-state index >= 15 is 0 Å². The molecule has 118 valence electrons. The standard InChI is InChI=1S/C18H23ClN2O/c19-17-7-14(1-2-15(17)10-22)13-3-5-21(6-4-13)16-8-18(9-16)11-20-12-18/h1-2,7,10,13,16,20H,3-6,8-9,11-12H2. The van der Waals surface area contributed by atoms with E-state index in [1.165, 1.54) is 57.4 Å². The fraction of sp³-hybridized carbons (Fsp3) is 0.611. The Kier molecular flexibility index (Phi) is 3.75. The van der Waals surface area contributed by atoms with Crippen molar-refractivity contribution in [1.29, 1.82) is 0 Å². The lowest BCUT2D eigenvalue weighted by Gasteiger charge is -2.58. The molecule has 3 aliphatic rings. The van der Waals surface area contributed by atoms with Crippen molar-refractivity contribution in [3.05, 3.63) is 34.3 Å². The topological polar surface area (TPSA) is 32.3 Å². The summed E-state index contributed by atoms with van der Waals surface area (Å²) in [6.45, 7) is 4.88. The van der Waals surface area contributed by atoms with Gasteiger partial charge in [-0.2, -0.15) is 0 Å². The molecule has 0 radical (unpaired) electrons. The minimum Gasteiger partial charge on any atom is -0.316 e. The summed E-state index contributed by atoms with van der Waals surface area (Å²) in [7, 11) is 0. The molecule has 4 rings (SSSR count). The van der Waals surface area contributed by atoms with Crippen molar-refractivity contribution >= 4 is 17.9 Å². The number of benzene rings is 1. The number of rotatable bonds is 3. The van der Waals surface area contributed by atoms with Gasteiger partial charge in [-0.3, -0.25) is 4.79 Å². The summed E-state index contributed by atoms with van der Waals surface area (Å²) in [6, 6.07) is 6.75. The first-order valence-corrected chi connectivity index (χ1v) is 8.76. The molecule has 0 atom stereocenters. The number of likely N-dealkylation sites (tertiary alicyclic amines) is 1. The molecular weight excluding hydrogens is 296 g/mol. The second-order valence-corrected chi connectivity index (χ2v) is 7.78. The van der Waals surface area contributed by atoms with Gasteiger partial charge in [0, 0.05) is 24.7 Å². The second-order valence-electron chi connectivity index (χ2n) is 7.37. The van der Waals surface area contributed by atoms with Crippen LogP contribution in [0.15, 0.2) is 18.2 Å². The summed E-state index contributed by atoms with van der Waals surface area (Å²) in [5, 5.41) is 4.01. The van der Waals surface area contributed by atoms with E-state index in [4.69, 9.17) is 11.6 Å². The second kappa shape index (κ2) is 5.63. The SMILES string of the molecule is O=Cc1ccc(C2CCN(C3CC4(CNC4)C3)CC2)cc1Cl. The Morgan fingerprint density at radius 2 is 1.95 bits per heavy atom. The summed E-state index contributed by atoms with van der Waals surface area (Å²) < 4.78 is 0. The van der Waals surface area contributed by atoms with Crippen LogP contribution in [-0.2, 0) is 0 Å². The summed E-state index contributed by atoms with van der Waals surface area (Å²) in [6.07, 6.45) is 6.03. The minimum atomic E-state index is 0.591. The van der Waals surface area contributed by atoms with Crippen LogP contribution < -0.4 is 5.32 Å². The quantitative estimate of drug-likeness (QED) is 0.869. The molecule has 3 fully saturated rings. The van der Waals surface area contributed by atoms with Crippen molar-refractivity contribution in [2.45, 2.75) is 37.6 Å². The molecule has 0 bridgehead atoms. The van der Waals surface area contributed by atoms with E-state index in [1.54, 1.807) is 0 Å². The van der Waals surface area contributed by atoms with E-state index in [0.717, 1.165) is 12.3 Å². The van der Waals surface area contributed by atoms with Gasteiger partial charge in [0.25, 0.3) is 0 Å². The van der Waals surface area contributed by atoms with Gasteiger partial charge in [0.15, 0.2) is 6.29 Å². The van der Waals surface area contributed by atoms with Crippen LogP contribution in [0.5, 0.6) is 0 Å². The Labute approximate surface area is 137 Å². The van der Waals surface area contributed by atoms with E-state index in [0.29, 0.717) is 21.9 Å². The van der Waals surface area contributed by atoms with E-state index in [9.17, 15) is 4.79 Å². The molecule has 1 aromatic carbocycles. The average Bonchev–Trinajstić information content (AvgIpc) is 2.45. The molecule has 0 aromatic heterocycles. The molecule has 1 aliphatic carbocycles. The number of nitrogens with zero attached hydrogens (tertiary/aromatic N) is 1. The monoisotopic (exact) mass is 318 g/mol. The van der Waals surface area contributed by atoms with Crippen LogP contribution in [0.1, 0.15) is 47.5 Å². The largest absolute Gasteiger partial charge is 0.316 e. The highest BCUT2D eigenvalue weighted by Gasteiger charge is 2.50. The zero-order valence-electron chi connectivity index (χ0n) is 12.9. The van der Waals surface area contributed by atoms with Crippen LogP contribution in [0, 0.1) is 5.41 Å². The number of hydrogen-bond acceptors (Lipinski definition) is 3. The number of aldehydes is 1. The summed E-state index contributed by atoms with van der Waals surface area (Å²) >= 11 is 6.17. The van der Waals surface area contributed by atoms with Gasteiger partial charge < -0.3 is 10.2 Å². The van der Waals surface area contributed by atoms with Crippen LogP contribution in [0.3, 0.4) is 0 Å². The first-order valence-electron chi connectivity index (χ1n) is 8.39. The van der Waals surface area contributed by atoms with Crippen molar-refractivity contribution in [1.82, 2.24) is 10.2 Å². The molecule has 4 heteroatoms. The van der Waals surface area contributed by atoms with Crippen LogP contribution in [0.4, 0.5) is 0 Å². The smallest absolute Gasteiger partial charge is 0.151 e. The maximum Gasteiger partial charge on any atom is 0.151 e. The zero-order valence-corrected chi connectivity index (χ0v) is 13.6. The van der Waals surface area contributed by atoms with Gasteiger partial charge >= 0.3 is 0 Å².